The van der Waals surface area contributed by atoms with Crippen molar-refractivity contribution in [2.45, 2.75) is 114 Å². The highest BCUT2D eigenvalue weighted by atomic mass is 32.2. The molecular formula is C54H60N2O12S2. The van der Waals surface area contributed by atoms with Crippen molar-refractivity contribution in [3.63, 3.8) is 0 Å². The molecule has 7 rings (SSSR count). The molecule has 0 aromatic heterocycles. The SMILES string of the molecule is CCOC(=O)C1=C(C[C@@H](NC(=O)OC(C)(C)C)C(=O)OCc2ccccc2)N(S(=O)(=O)c2ccc(C)cc2)[C@H]2O[C@H](COCc3ccccc3)[C@H](OCc3ccccc3)[C@H](OCc3ccccc3)[C@H]2S1. The third-order valence-corrected chi connectivity index (χ3v) is 14.4. The van der Waals surface area contributed by atoms with E-state index < -0.39 is 75.9 Å². The summed E-state index contributed by atoms with van der Waals surface area (Å²) in [6.07, 6.45) is -5.80. The molecule has 0 unspecified atom stereocenters. The van der Waals surface area contributed by atoms with Gasteiger partial charge in [-0.15, -0.1) is 11.8 Å². The summed E-state index contributed by atoms with van der Waals surface area (Å²) in [5.74, 6) is -1.78. The average Bonchev–Trinajstić information content (AvgIpc) is 3.34. The fourth-order valence-electron chi connectivity index (χ4n) is 7.91. The van der Waals surface area contributed by atoms with Crippen LogP contribution in [0.4, 0.5) is 4.79 Å². The number of carbonyl (C=O) groups excluding carboxylic acids is 3. The van der Waals surface area contributed by atoms with E-state index in [-0.39, 0.29) is 55.1 Å². The molecule has 1 fully saturated rings. The molecule has 0 saturated carbocycles. The molecule has 2 aliphatic heterocycles. The van der Waals surface area contributed by atoms with Gasteiger partial charge in [-0.2, -0.15) is 0 Å². The van der Waals surface area contributed by atoms with Gasteiger partial charge in [-0.25, -0.2) is 27.1 Å². The fourth-order valence-corrected chi connectivity index (χ4v) is 11.1. The molecule has 1 N–H and O–H groups in total. The van der Waals surface area contributed by atoms with Crippen LogP contribution in [0.3, 0.4) is 0 Å². The third-order valence-electron chi connectivity index (χ3n) is 11.2. The molecule has 70 heavy (non-hydrogen) atoms. The molecule has 1 saturated heterocycles. The molecule has 0 spiro atoms. The highest BCUT2D eigenvalue weighted by Gasteiger charge is 2.57. The first kappa shape index (κ1) is 51.8. The van der Waals surface area contributed by atoms with Crippen molar-refractivity contribution >= 4 is 39.8 Å². The van der Waals surface area contributed by atoms with Crippen molar-refractivity contribution in [3.8, 4) is 0 Å². The molecule has 0 aliphatic carbocycles. The normalized spacial score (nSPS) is 19.7. The molecule has 1 amide bonds. The Labute approximate surface area is 414 Å². The van der Waals surface area contributed by atoms with Gasteiger partial charge in [-0.1, -0.05) is 139 Å². The highest BCUT2D eigenvalue weighted by Crippen LogP contribution is 2.48. The van der Waals surface area contributed by atoms with Crippen LogP contribution in [0.1, 0.15) is 61.9 Å². The molecule has 6 atom stereocenters. The number of rotatable bonds is 20. The number of aryl methyl sites for hydroxylation is 1. The average molecular weight is 993 g/mol. The lowest BCUT2D eigenvalue weighted by molar-refractivity contribution is -0.232. The number of hydrogen-bond donors (Lipinski definition) is 1. The number of hydrogen-bond acceptors (Lipinski definition) is 13. The second kappa shape index (κ2) is 24.2. The number of ether oxygens (including phenoxy) is 7. The number of thioether (sulfide) groups is 1. The maximum Gasteiger partial charge on any atom is 0.408 e. The van der Waals surface area contributed by atoms with Crippen LogP contribution >= 0.6 is 11.8 Å². The summed E-state index contributed by atoms with van der Waals surface area (Å²) in [6, 6.07) is 42.3. The smallest absolute Gasteiger partial charge is 0.408 e. The van der Waals surface area contributed by atoms with E-state index in [0.717, 1.165) is 38.3 Å². The summed E-state index contributed by atoms with van der Waals surface area (Å²) >= 11 is 1.01. The van der Waals surface area contributed by atoms with Crippen LogP contribution in [0.2, 0.25) is 0 Å². The molecule has 370 valence electrons. The van der Waals surface area contributed by atoms with Gasteiger partial charge in [0, 0.05) is 6.42 Å². The van der Waals surface area contributed by atoms with Gasteiger partial charge >= 0.3 is 18.0 Å². The molecule has 5 aromatic rings. The van der Waals surface area contributed by atoms with Gasteiger partial charge in [0.25, 0.3) is 10.0 Å². The summed E-state index contributed by atoms with van der Waals surface area (Å²) in [5.41, 5.74) is 2.91. The van der Waals surface area contributed by atoms with Crippen molar-refractivity contribution in [1.82, 2.24) is 9.62 Å². The number of carbonyl (C=O) groups is 3. The van der Waals surface area contributed by atoms with Crippen LogP contribution in [0.25, 0.3) is 0 Å². The quantitative estimate of drug-likeness (QED) is 0.0581. The van der Waals surface area contributed by atoms with Gasteiger partial charge in [0.1, 0.15) is 41.5 Å². The van der Waals surface area contributed by atoms with E-state index in [0.29, 0.717) is 5.56 Å². The molecule has 0 bridgehead atoms. The lowest BCUT2D eigenvalue weighted by Crippen LogP contribution is -2.65. The summed E-state index contributed by atoms with van der Waals surface area (Å²) in [5, 5.41) is 1.62. The summed E-state index contributed by atoms with van der Waals surface area (Å²) in [6.45, 7) is 8.58. The zero-order chi connectivity index (χ0) is 49.7. The number of fused-ring (bicyclic) bond motifs is 1. The number of sulfonamides is 1. The zero-order valence-electron chi connectivity index (χ0n) is 39.9. The van der Waals surface area contributed by atoms with Gasteiger partial charge < -0.3 is 38.5 Å². The van der Waals surface area contributed by atoms with E-state index >= 15 is 8.42 Å². The number of alkyl carbamates (subject to hydrolysis) is 1. The Hall–Kier alpha value is -6.01. The van der Waals surface area contributed by atoms with Crippen molar-refractivity contribution in [2.24, 2.45) is 0 Å². The minimum atomic E-state index is -4.72. The van der Waals surface area contributed by atoms with Crippen molar-refractivity contribution in [1.29, 1.82) is 0 Å². The molecule has 2 heterocycles. The van der Waals surface area contributed by atoms with Crippen LogP contribution in [-0.4, -0.2) is 85.4 Å². The van der Waals surface area contributed by atoms with E-state index in [1.54, 1.807) is 64.1 Å². The van der Waals surface area contributed by atoms with E-state index in [2.05, 4.69) is 5.32 Å². The lowest BCUT2D eigenvalue weighted by atomic mass is 9.98. The Morgan fingerprint density at radius 3 is 1.74 bits per heavy atom. The van der Waals surface area contributed by atoms with Crippen LogP contribution in [0.15, 0.2) is 161 Å². The predicted octanol–water partition coefficient (Wildman–Crippen LogP) is 9.02. The van der Waals surface area contributed by atoms with Crippen molar-refractivity contribution < 1.29 is 56.0 Å². The highest BCUT2D eigenvalue weighted by molar-refractivity contribution is 8.04. The monoisotopic (exact) mass is 992 g/mol. The van der Waals surface area contributed by atoms with E-state index in [1.807, 2.05) is 104 Å². The molecular weight excluding hydrogens is 933 g/mol. The Morgan fingerprint density at radius 2 is 1.21 bits per heavy atom. The lowest BCUT2D eigenvalue weighted by Gasteiger charge is -2.52. The van der Waals surface area contributed by atoms with Crippen LogP contribution in [0.5, 0.6) is 0 Å². The Morgan fingerprint density at radius 1 is 0.700 bits per heavy atom. The van der Waals surface area contributed by atoms with E-state index in [1.165, 1.54) is 12.1 Å². The topological polar surface area (TPSA) is 165 Å². The Bertz CT molecular complexity index is 2630. The Kier molecular flexibility index (Phi) is 17.9. The standard InChI is InChI=1S/C54H60N2O12S2/c1-6-63-52(58)48-44(31-43(55-53(59)68-54(3,4)5)51(57)66-35-41-25-17-10-18-26-41)56(70(60,61)42-29-27-37(2)28-30-42)50-49(69-48)47(65-34-40-23-15-9-16-24-40)46(64-33-39-21-13-8-14-22-39)45(67-50)36-62-32-38-19-11-7-12-20-38/h7-30,43,45-47,49-50H,6,31-36H2,1-5H3,(H,55,59)/t43-,45-,46+,47+,49-,50+/m1/s1. The number of nitrogens with zero attached hydrogens (tertiary/aromatic N) is 1. The van der Waals surface area contributed by atoms with Crippen LogP contribution in [0, 0.1) is 6.92 Å². The third kappa shape index (κ3) is 13.9. The van der Waals surface area contributed by atoms with Crippen molar-refractivity contribution in [3.05, 3.63) is 184 Å². The molecule has 2 aliphatic rings. The maximum absolute atomic E-state index is 15.7. The number of benzene rings is 5. The minimum Gasteiger partial charge on any atom is -0.462 e. The van der Waals surface area contributed by atoms with Gasteiger partial charge in [-0.05, 0) is 69.0 Å². The fraction of sp³-hybridized carbons (Fsp3) is 0.352. The number of esters is 2. The first-order valence-electron chi connectivity index (χ1n) is 23.2. The van der Waals surface area contributed by atoms with Crippen molar-refractivity contribution in [2.75, 3.05) is 13.2 Å². The number of nitrogens with one attached hydrogen (secondary N) is 1. The van der Waals surface area contributed by atoms with E-state index in [9.17, 15) is 14.4 Å². The molecule has 14 nitrogen and oxygen atoms in total. The number of amides is 1. The minimum absolute atomic E-state index is 0.0652. The first-order chi connectivity index (χ1) is 33.7. The van der Waals surface area contributed by atoms with Gasteiger partial charge in [0.15, 0.2) is 6.23 Å². The summed E-state index contributed by atoms with van der Waals surface area (Å²) < 4.78 is 76.6. The summed E-state index contributed by atoms with van der Waals surface area (Å²) in [7, 11) is -4.72. The molecule has 5 aromatic carbocycles. The van der Waals surface area contributed by atoms with Gasteiger partial charge in [0.05, 0.1) is 48.9 Å². The Balaban J connectivity index is 1.38. The second-order valence-corrected chi connectivity index (χ2v) is 20.8. The van der Waals surface area contributed by atoms with Crippen LogP contribution in [-0.2, 0) is 79.2 Å². The molecule has 0 radical (unpaired) electrons. The second-order valence-electron chi connectivity index (χ2n) is 17.8. The molecule has 16 heteroatoms. The maximum atomic E-state index is 15.7. The van der Waals surface area contributed by atoms with Crippen LogP contribution < -0.4 is 5.32 Å². The first-order valence-corrected chi connectivity index (χ1v) is 25.5. The van der Waals surface area contributed by atoms with Gasteiger partial charge in [-0.3, -0.25) is 0 Å². The zero-order valence-corrected chi connectivity index (χ0v) is 41.6. The largest absolute Gasteiger partial charge is 0.462 e. The summed E-state index contributed by atoms with van der Waals surface area (Å²) in [4.78, 5) is 42.2. The predicted molar refractivity (Wildman–Crippen MR) is 264 cm³/mol. The van der Waals surface area contributed by atoms with Gasteiger partial charge in [0.2, 0.25) is 0 Å². The van der Waals surface area contributed by atoms with E-state index in [4.69, 9.17) is 33.2 Å².